The first-order valence-corrected chi connectivity index (χ1v) is 4.57. The molecule has 1 rings (SSSR count). The molecule has 0 aliphatic rings. The number of nitrogens with zero attached hydrogens (tertiary/aromatic N) is 1. The van der Waals surface area contributed by atoms with Gasteiger partial charge in [-0.1, -0.05) is 0 Å². The van der Waals surface area contributed by atoms with Crippen LogP contribution in [0.25, 0.3) is 0 Å². The smallest absolute Gasteiger partial charge is 0.152 e. The van der Waals surface area contributed by atoms with Gasteiger partial charge in [-0.2, -0.15) is 5.26 Å². The lowest BCUT2D eigenvalue weighted by molar-refractivity contribution is 0.613. The van der Waals surface area contributed by atoms with Gasteiger partial charge in [0.05, 0.1) is 13.6 Å². The summed E-state index contributed by atoms with van der Waals surface area (Å²) in [6, 6.07) is 5.00. The van der Waals surface area contributed by atoms with Crippen LogP contribution >= 0.6 is 38.5 Å². The quantitative estimate of drug-likeness (QED) is 0.531. The standard InChI is InChI=1S/C7H2BrFIN/c8-5-2-1-4(3-11)7(10)6(5)9/h1-2H. The van der Waals surface area contributed by atoms with Gasteiger partial charge in [-0.05, 0) is 50.7 Å². The maximum Gasteiger partial charge on any atom is 0.152 e. The van der Waals surface area contributed by atoms with Gasteiger partial charge in [0.15, 0.2) is 5.82 Å². The molecule has 56 valence electrons. The fourth-order valence-electron chi connectivity index (χ4n) is 0.612. The third kappa shape index (κ3) is 1.71. The first-order valence-electron chi connectivity index (χ1n) is 2.70. The van der Waals surface area contributed by atoms with Gasteiger partial charge in [-0.15, -0.1) is 0 Å². The Bertz CT molecular complexity index is 332. The molecule has 11 heavy (non-hydrogen) atoms. The Morgan fingerprint density at radius 3 is 2.73 bits per heavy atom. The Hall–Kier alpha value is -0.150. The van der Waals surface area contributed by atoms with Gasteiger partial charge in [-0.25, -0.2) is 4.39 Å². The summed E-state index contributed by atoms with van der Waals surface area (Å²) >= 11 is 4.82. The van der Waals surface area contributed by atoms with Crippen molar-refractivity contribution in [3.63, 3.8) is 0 Å². The van der Waals surface area contributed by atoms with Gasteiger partial charge < -0.3 is 0 Å². The Kier molecular flexibility index (Phi) is 2.84. The zero-order valence-electron chi connectivity index (χ0n) is 5.24. The molecule has 0 aliphatic carbocycles. The minimum absolute atomic E-state index is 0.361. The predicted octanol–water partition coefficient (Wildman–Crippen LogP) is 3.06. The van der Waals surface area contributed by atoms with Crippen molar-refractivity contribution in [1.29, 1.82) is 5.26 Å². The highest BCUT2D eigenvalue weighted by atomic mass is 127. The second-order valence-corrected chi connectivity index (χ2v) is 3.77. The van der Waals surface area contributed by atoms with Crippen LogP contribution in [0.15, 0.2) is 16.6 Å². The van der Waals surface area contributed by atoms with Gasteiger partial charge >= 0.3 is 0 Å². The van der Waals surface area contributed by atoms with E-state index < -0.39 is 0 Å². The van der Waals surface area contributed by atoms with Crippen molar-refractivity contribution < 1.29 is 4.39 Å². The zero-order valence-corrected chi connectivity index (χ0v) is 8.98. The van der Waals surface area contributed by atoms with Gasteiger partial charge in [0, 0.05) is 0 Å². The average Bonchev–Trinajstić information content (AvgIpc) is 2.01. The van der Waals surface area contributed by atoms with E-state index in [2.05, 4.69) is 15.9 Å². The van der Waals surface area contributed by atoms with Crippen molar-refractivity contribution >= 4 is 38.5 Å². The number of hydrogen-bond donors (Lipinski definition) is 0. The fraction of sp³-hybridized carbons (Fsp3) is 0. The lowest BCUT2D eigenvalue weighted by atomic mass is 10.2. The summed E-state index contributed by atoms with van der Waals surface area (Å²) in [6.45, 7) is 0. The molecule has 1 aromatic rings. The van der Waals surface area contributed by atoms with Gasteiger partial charge in [0.1, 0.15) is 6.07 Å². The van der Waals surface area contributed by atoms with Crippen molar-refractivity contribution in [3.05, 3.63) is 31.6 Å². The summed E-state index contributed by atoms with van der Waals surface area (Å²) in [5, 5.41) is 8.50. The Labute approximate surface area is 85.5 Å². The van der Waals surface area contributed by atoms with E-state index in [1.807, 2.05) is 6.07 Å². The SMILES string of the molecule is N#Cc1ccc(Br)c(F)c1I. The van der Waals surface area contributed by atoms with Crippen LogP contribution in [0.4, 0.5) is 4.39 Å². The second kappa shape index (κ2) is 3.50. The normalized spacial score (nSPS) is 9.27. The summed E-state index contributed by atoms with van der Waals surface area (Å²) in [5.74, 6) is -0.371. The predicted molar refractivity (Wildman–Crippen MR) is 51.5 cm³/mol. The van der Waals surface area contributed by atoms with Crippen LogP contribution in [-0.4, -0.2) is 0 Å². The van der Waals surface area contributed by atoms with E-state index in [1.165, 1.54) is 6.07 Å². The molecule has 0 aliphatic heterocycles. The van der Waals surface area contributed by atoms with Crippen molar-refractivity contribution in [2.24, 2.45) is 0 Å². The molecule has 0 radical (unpaired) electrons. The van der Waals surface area contributed by atoms with Crippen LogP contribution in [0.1, 0.15) is 5.56 Å². The van der Waals surface area contributed by atoms with E-state index in [0.717, 1.165) is 0 Å². The van der Waals surface area contributed by atoms with Crippen LogP contribution in [0.3, 0.4) is 0 Å². The highest BCUT2D eigenvalue weighted by Crippen LogP contribution is 2.22. The minimum atomic E-state index is -0.371. The molecule has 1 aromatic carbocycles. The fourth-order valence-corrected chi connectivity index (χ4v) is 1.90. The monoisotopic (exact) mass is 325 g/mol. The van der Waals surface area contributed by atoms with Gasteiger partial charge in [-0.3, -0.25) is 0 Å². The molecule has 0 amide bonds. The molecule has 0 saturated heterocycles. The molecule has 0 saturated carbocycles. The third-order valence-corrected chi connectivity index (χ3v) is 2.82. The van der Waals surface area contributed by atoms with Crippen molar-refractivity contribution in [2.75, 3.05) is 0 Å². The molecular formula is C7H2BrFIN. The topological polar surface area (TPSA) is 23.8 Å². The molecule has 0 fully saturated rings. The Balaban J connectivity index is 3.40. The number of hydrogen-bond acceptors (Lipinski definition) is 1. The van der Waals surface area contributed by atoms with Crippen molar-refractivity contribution in [1.82, 2.24) is 0 Å². The largest absolute Gasteiger partial charge is 0.205 e. The van der Waals surface area contributed by atoms with E-state index >= 15 is 0 Å². The first-order chi connectivity index (χ1) is 5.16. The highest BCUT2D eigenvalue weighted by molar-refractivity contribution is 14.1. The maximum absolute atomic E-state index is 13.0. The highest BCUT2D eigenvalue weighted by Gasteiger charge is 2.07. The van der Waals surface area contributed by atoms with Crippen LogP contribution < -0.4 is 0 Å². The van der Waals surface area contributed by atoms with E-state index in [4.69, 9.17) is 5.26 Å². The second-order valence-electron chi connectivity index (χ2n) is 1.83. The van der Waals surface area contributed by atoms with Crippen molar-refractivity contribution in [2.45, 2.75) is 0 Å². The lowest BCUT2D eigenvalue weighted by Gasteiger charge is -1.97. The molecule has 0 N–H and O–H groups in total. The summed E-state index contributed by atoms with van der Waals surface area (Å²) < 4.78 is 13.7. The molecular weight excluding hydrogens is 324 g/mol. The number of benzene rings is 1. The third-order valence-electron chi connectivity index (χ3n) is 1.16. The first kappa shape index (κ1) is 8.94. The summed E-state index contributed by atoms with van der Waals surface area (Å²) in [6.07, 6.45) is 0. The zero-order chi connectivity index (χ0) is 8.43. The van der Waals surface area contributed by atoms with Gasteiger partial charge in [0.25, 0.3) is 0 Å². The average molecular weight is 326 g/mol. The van der Waals surface area contributed by atoms with E-state index in [1.54, 1.807) is 28.7 Å². The Morgan fingerprint density at radius 2 is 2.18 bits per heavy atom. The maximum atomic E-state index is 13.0. The molecule has 0 bridgehead atoms. The molecule has 0 unspecified atom stereocenters. The van der Waals surface area contributed by atoms with Crippen LogP contribution in [0, 0.1) is 20.7 Å². The lowest BCUT2D eigenvalue weighted by Crippen LogP contribution is -1.88. The van der Waals surface area contributed by atoms with Gasteiger partial charge in [0.2, 0.25) is 0 Å². The van der Waals surface area contributed by atoms with E-state index in [-0.39, 0.29) is 5.82 Å². The van der Waals surface area contributed by atoms with E-state index in [9.17, 15) is 4.39 Å². The number of nitriles is 1. The van der Waals surface area contributed by atoms with Crippen molar-refractivity contribution in [3.8, 4) is 6.07 Å². The molecule has 0 spiro atoms. The van der Waals surface area contributed by atoms with Crippen LogP contribution in [-0.2, 0) is 0 Å². The summed E-state index contributed by atoms with van der Waals surface area (Å²) in [5.41, 5.74) is 0.367. The number of rotatable bonds is 0. The molecule has 0 aromatic heterocycles. The molecule has 1 nitrogen and oxygen atoms in total. The Morgan fingerprint density at radius 1 is 1.55 bits per heavy atom. The molecule has 0 atom stereocenters. The summed E-state index contributed by atoms with van der Waals surface area (Å²) in [7, 11) is 0. The minimum Gasteiger partial charge on any atom is -0.205 e. The summed E-state index contributed by atoms with van der Waals surface area (Å²) in [4.78, 5) is 0. The molecule has 4 heteroatoms. The van der Waals surface area contributed by atoms with E-state index in [0.29, 0.717) is 13.6 Å². The molecule has 0 heterocycles. The number of halogens is 3. The van der Waals surface area contributed by atoms with Crippen LogP contribution in [0.2, 0.25) is 0 Å². The van der Waals surface area contributed by atoms with Crippen LogP contribution in [0.5, 0.6) is 0 Å².